The lowest BCUT2D eigenvalue weighted by Crippen LogP contribution is -2.67. The van der Waals surface area contributed by atoms with Crippen LogP contribution < -0.4 is 5.73 Å². The van der Waals surface area contributed by atoms with E-state index in [1.807, 2.05) is 0 Å². The first-order valence-electron chi connectivity index (χ1n) is 24.7. The van der Waals surface area contributed by atoms with Crippen LogP contribution in [0.5, 0.6) is 0 Å². The van der Waals surface area contributed by atoms with Crippen molar-refractivity contribution in [1.82, 2.24) is 0 Å². The third kappa shape index (κ3) is 13.5. The van der Waals surface area contributed by atoms with E-state index in [1.54, 1.807) is 0 Å². The normalized spacial score (nSPS) is 53.5. The van der Waals surface area contributed by atoms with Gasteiger partial charge >= 0.3 is 0 Å². The average Bonchev–Trinajstić information content (AvgIpc) is 3.46. The summed E-state index contributed by atoms with van der Waals surface area (Å²) in [4.78, 5) is 0. The molecule has 7 aliphatic heterocycles. The summed E-state index contributed by atoms with van der Waals surface area (Å²) in [6.45, 7) is -6.11. The van der Waals surface area contributed by atoms with Crippen molar-refractivity contribution in [2.75, 3.05) is 46.2 Å². The Kier molecular flexibility index (Phi) is 22.6. The number of rotatable bonds is 19. The van der Waals surface area contributed by atoms with Crippen molar-refractivity contribution in [3.8, 4) is 0 Å². The van der Waals surface area contributed by atoms with Crippen molar-refractivity contribution in [2.45, 2.75) is 215 Å². The van der Waals surface area contributed by atoms with Gasteiger partial charge in [-0.2, -0.15) is 0 Å². The lowest BCUT2D eigenvalue weighted by atomic mass is 9.96. The summed E-state index contributed by atoms with van der Waals surface area (Å²) in [7, 11) is 0. The molecule has 0 amide bonds. The summed E-state index contributed by atoms with van der Waals surface area (Å²) in [6.07, 6.45) is -64.2. The Hall–Kier alpha value is -1.44. The van der Waals surface area contributed by atoms with E-state index >= 15 is 0 Å². The Morgan fingerprint density at radius 2 is 0.526 bits per heavy atom. The molecule has 0 spiro atoms. The number of hydrogen-bond acceptors (Lipinski definition) is 36. The smallest absolute Gasteiger partial charge is 0.187 e. The largest absolute Gasteiger partial charge is 0.394 e. The first-order valence-corrected chi connectivity index (χ1v) is 24.7. The molecule has 0 saturated carbocycles. The predicted molar refractivity (Wildman–Crippen MR) is 234 cm³/mol. The van der Waals surface area contributed by atoms with Crippen LogP contribution >= 0.6 is 0 Å². The second-order valence-electron chi connectivity index (χ2n) is 19.8. The monoisotopic (exact) mass is 1150 g/mol. The molecule has 7 heterocycles. The molecule has 35 atom stereocenters. The van der Waals surface area contributed by atoms with Gasteiger partial charge in [-0.3, -0.25) is 0 Å². The highest BCUT2D eigenvalue weighted by atomic mass is 16.8. The zero-order valence-corrected chi connectivity index (χ0v) is 40.9. The molecule has 0 radical (unpaired) electrons. The van der Waals surface area contributed by atoms with Gasteiger partial charge in [-0.25, -0.2) is 0 Å². The van der Waals surface area contributed by atoms with Crippen LogP contribution in [-0.2, 0) is 61.6 Å². The van der Waals surface area contributed by atoms with Gasteiger partial charge in [-0.1, -0.05) is 0 Å². The van der Waals surface area contributed by atoms with E-state index < -0.39 is 261 Å². The molecular formula is C42H73NO35. The summed E-state index contributed by atoms with van der Waals surface area (Å²) in [5, 5.41) is 232. The molecular weight excluding hydrogens is 1080 g/mol. The van der Waals surface area contributed by atoms with Gasteiger partial charge in [0.2, 0.25) is 0 Å². The molecule has 456 valence electrons. The summed E-state index contributed by atoms with van der Waals surface area (Å²) < 4.78 is 72.6. The Balaban J connectivity index is 1.06. The summed E-state index contributed by atoms with van der Waals surface area (Å²) in [6, 6.07) is -1.58. The quantitative estimate of drug-likeness (QED) is 0.0571. The minimum Gasteiger partial charge on any atom is -0.394 e. The fraction of sp³-hybridized carbons (Fsp3) is 1.00. The van der Waals surface area contributed by atoms with Gasteiger partial charge in [0.25, 0.3) is 0 Å². The molecule has 36 nitrogen and oxygen atoms in total. The highest BCUT2D eigenvalue weighted by Gasteiger charge is 2.56. The maximum absolute atomic E-state index is 11.6. The molecule has 0 aromatic carbocycles. The van der Waals surface area contributed by atoms with Gasteiger partial charge in [0.15, 0.2) is 44.0 Å². The predicted octanol–water partition coefficient (Wildman–Crippen LogP) is -16.3. The molecule has 7 fully saturated rings. The third-order valence-electron chi connectivity index (χ3n) is 14.5. The van der Waals surface area contributed by atoms with Crippen LogP contribution in [0.15, 0.2) is 0 Å². The van der Waals surface area contributed by atoms with Crippen LogP contribution in [0.2, 0.25) is 0 Å². The Morgan fingerprint density at radius 3 is 0.923 bits per heavy atom. The van der Waals surface area contributed by atoms with E-state index in [1.165, 1.54) is 0 Å². The van der Waals surface area contributed by atoms with Gasteiger partial charge in [0.05, 0.1) is 52.3 Å². The zero-order valence-electron chi connectivity index (χ0n) is 40.9. The van der Waals surface area contributed by atoms with Crippen LogP contribution in [0.1, 0.15) is 0 Å². The first kappa shape index (κ1) is 64.1. The third-order valence-corrected chi connectivity index (χ3v) is 14.5. The lowest BCUT2D eigenvalue weighted by Gasteiger charge is -2.47. The summed E-state index contributed by atoms with van der Waals surface area (Å²) in [5.74, 6) is 0. The molecule has 7 aliphatic rings. The SMILES string of the molecule is N[C@H]1[C@H](O[C@@H]2[C@@H](O)[C@H](OC[C@H]3O[C@@H](OC[C@H]4O[C@@H](OC[C@H]5OC(O)[C@H](O)[C@@H](O)[C@@H]5O)[C@H](O)[C@@H](O[C@@H]5O[C@H](CO)[C@@H](O)[C@H](O)[C@H]5O)[C@@H]4O)[C@H](O)[C@@H](O)[C@@H]3O)O[C@H](CO[C@@H]3O[C@H](CO)[C@@H](O)[C@H](O)[C@H]3O)[C@H]2O)O[C@H](CO)[C@@H](O)[C@@H]1O. The van der Waals surface area contributed by atoms with E-state index in [2.05, 4.69) is 0 Å². The molecule has 78 heavy (non-hydrogen) atoms. The molecule has 0 aliphatic carbocycles. The van der Waals surface area contributed by atoms with Gasteiger partial charge in [-0.15, -0.1) is 0 Å². The molecule has 0 aromatic rings. The van der Waals surface area contributed by atoms with Crippen LogP contribution in [-0.4, -0.2) is 373 Å². The van der Waals surface area contributed by atoms with Crippen LogP contribution in [0.3, 0.4) is 0 Å². The zero-order chi connectivity index (χ0) is 57.3. The molecule has 1 unspecified atom stereocenters. The van der Waals surface area contributed by atoms with Crippen LogP contribution in [0.4, 0.5) is 0 Å². The summed E-state index contributed by atoms with van der Waals surface area (Å²) in [5.41, 5.74) is 6.04. The van der Waals surface area contributed by atoms with Crippen molar-refractivity contribution < 1.29 is 174 Å². The Morgan fingerprint density at radius 1 is 0.256 bits per heavy atom. The lowest BCUT2D eigenvalue weighted by molar-refractivity contribution is -0.372. The first-order chi connectivity index (χ1) is 36.8. The number of hydrogen-bond donors (Lipinski definition) is 23. The van der Waals surface area contributed by atoms with Crippen molar-refractivity contribution in [3.63, 3.8) is 0 Å². The fourth-order valence-corrected chi connectivity index (χ4v) is 9.62. The van der Waals surface area contributed by atoms with Crippen molar-refractivity contribution in [2.24, 2.45) is 5.73 Å². The molecule has 0 bridgehead atoms. The van der Waals surface area contributed by atoms with E-state index in [0.29, 0.717) is 0 Å². The van der Waals surface area contributed by atoms with E-state index in [4.69, 9.17) is 67.3 Å². The Labute approximate surface area is 440 Å². The maximum atomic E-state index is 11.6. The molecule has 7 rings (SSSR count). The number of aliphatic hydroxyl groups excluding tert-OH is 22. The topological polar surface area (TPSA) is 591 Å². The average molecular weight is 1150 g/mol. The number of nitrogens with two attached hydrogens (primary N) is 1. The van der Waals surface area contributed by atoms with Crippen LogP contribution in [0, 0.1) is 0 Å². The van der Waals surface area contributed by atoms with E-state index in [0.717, 1.165) is 0 Å². The molecule has 7 saturated heterocycles. The highest BCUT2D eigenvalue weighted by Crippen LogP contribution is 2.35. The minimum absolute atomic E-state index is 0.822. The minimum atomic E-state index is -2.14. The second kappa shape index (κ2) is 27.5. The van der Waals surface area contributed by atoms with Crippen molar-refractivity contribution in [3.05, 3.63) is 0 Å². The van der Waals surface area contributed by atoms with Crippen molar-refractivity contribution >= 4 is 0 Å². The van der Waals surface area contributed by atoms with Gasteiger partial charge in [0.1, 0.15) is 165 Å². The fourth-order valence-electron chi connectivity index (χ4n) is 9.62. The molecule has 24 N–H and O–H groups in total. The number of ether oxygens (including phenoxy) is 13. The van der Waals surface area contributed by atoms with Gasteiger partial charge < -0.3 is 180 Å². The Bertz CT molecular complexity index is 1820. The summed E-state index contributed by atoms with van der Waals surface area (Å²) >= 11 is 0. The van der Waals surface area contributed by atoms with Gasteiger partial charge in [-0.05, 0) is 0 Å². The second-order valence-corrected chi connectivity index (χ2v) is 19.8. The van der Waals surface area contributed by atoms with Crippen LogP contribution in [0.25, 0.3) is 0 Å². The number of aliphatic hydroxyl groups is 22. The molecule has 0 aromatic heterocycles. The standard InChI is InChI=1S/C42H73NO35/c43-15-23(54)16(47)8(1-44)71-37(15)77-34-21(52)13(6-66-38-29(60)25(56)17(48)9(2-45)72-38)75-40(32(34)63)69-5-12-20(51)27(58)30(61)39(74-12)67-7-14-22(53)35(78-42-31(62)26(57)18(49)10(3-46)73-42)33(64)41(76-14)68-4-11-19(50)24(55)28(59)36(65)70-11/h8-42,44-65H,1-7,43H2/t8-,9-,10-,11-,12-,13-,14-,15-,16-,17-,18-,19-,20-,21-,22-,23-,24+,25+,26+,27+,28-,29-,30-,31-,32-,33-,34+,35+,36?,37+,38-,39-,40-,41-,42+/m1/s1. The highest BCUT2D eigenvalue weighted by molar-refractivity contribution is 4.99. The van der Waals surface area contributed by atoms with E-state index in [-0.39, 0.29) is 0 Å². The van der Waals surface area contributed by atoms with Gasteiger partial charge in [0, 0.05) is 0 Å². The molecule has 36 heteroatoms. The van der Waals surface area contributed by atoms with Crippen molar-refractivity contribution in [1.29, 1.82) is 0 Å². The van der Waals surface area contributed by atoms with E-state index in [9.17, 15) is 112 Å². The maximum Gasteiger partial charge on any atom is 0.187 e.